The van der Waals surface area contributed by atoms with Gasteiger partial charge >= 0.3 is 0 Å². The molecule has 12 aromatic rings. The van der Waals surface area contributed by atoms with Crippen molar-refractivity contribution in [1.29, 1.82) is 0 Å². The van der Waals surface area contributed by atoms with Gasteiger partial charge in [-0.1, -0.05) is 54.6 Å². The van der Waals surface area contributed by atoms with Crippen LogP contribution in [0.4, 0.5) is 0 Å². The Morgan fingerprint density at radius 2 is 0.719 bits per heavy atom. The first-order valence-electron chi connectivity index (χ1n) is 18.4. The van der Waals surface area contributed by atoms with Gasteiger partial charge in [0.25, 0.3) is 0 Å². The molecule has 0 fully saturated rings. The molecule has 0 aliphatic heterocycles. The molecule has 0 aliphatic rings. The van der Waals surface area contributed by atoms with E-state index >= 15 is 0 Å². The summed E-state index contributed by atoms with van der Waals surface area (Å²) in [6.07, 6.45) is 0. The fraction of sp³-hybridized carbons (Fsp3) is 0. The minimum absolute atomic E-state index is 0.107. The molecule has 0 saturated heterocycles. The van der Waals surface area contributed by atoms with Gasteiger partial charge in [0.05, 0.1) is 33.1 Å². The number of nitrogens with zero attached hydrogens (tertiary/aromatic N) is 4. The highest BCUT2D eigenvalue weighted by Gasteiger charge is 2.21. The second kappa shape index (κ2) is 11.2. The summed E-state index contributed by atoms with van der Waals surface area (Å²) in [6, 6.07) is 44.4. The van der Waals surface area contributed by atoms with Crippen molar-refractivity contribution in [3.05, 3.63) is 186 Å². The van der Waals surface area contributed by atoms with Gasteiger partial charge in [-0.2, -0.15) is 0 Å². The average molecular weight is 737 g/mol. The fourth-order valence-electron chi connectivity index (χ4n) is 8.75. The maximum absolute atomic E-state index is 14.0. The van der Waals surface area contributed by atoms with Gasteiger partial charge < -0.3 is 13.2 Å². The predicted octanol–water partition coefficient (Wildman–Crippen LogP) is 8.81. The Morgan fingerprint density at radius 3 is 1.28 bits per heavy atom. The van der Waals surface area contributed by atoms with E-state index in [1.54, 1.807) is 30.3 Å². The first kappa shape index (κ1) is 31.3. The number of benzene rings is 7. The first-order valence-corrected chi connectivity index (χ1v) is 18.4. The lowest BCUT2D eigenvalue weighted by Gasteiger charge is -2.15. The van der Waals surface area contributed by atoms with Crippen LogP contribution in [0.2, 0.25) is 0 Å². The number of rotatable bonds is 3. The zero-order chi connectivity index (χ0) is 38.1. The van der Waals surface area contributed by atoms with Gasteiger partial charge in [0.1, 0.15) is 0 Å². The number of hydrogen-bond donors (Lipinski definition) is 0. The smallest absolute Gasteiger partial charge is 0.248 e. The minimum Gasteiger partial charge on any atom is -0.416 e. The van der Waals surface area contributed by atoms with Crippen molar-refractivity contribution in [2.24, 2.45) is 0 Å². The summed E-state index contributed by atoms with van der Waals surface area (Å²) in [5, 5.41) is 12.8. The van der Waals surface area contributed by atoms with Crippen LogP contribution >= 0.6 is 0 Å². The number of pyridine rings is 4. The maximum Gasteiger partial charge on any atom is 0.248 e. The van der Waals surface area contributed by atoms with Gasteiger partial charge in [0.2, 0.25) is 11.8 Å². The van der Waals surface area contributed by atoms with Crippen LogP contribution in [0, 0.1) is 0 Å². The van der Waals surface area contributed by atoms with E-state index in [4.69, 9.17) is 4.42 Å². The molecule has 0 radical (unpaired) electrons. The zero-order valence-electron chi connectivity index (χ0n) is 29.7. The standard InChI is InChI=1S/C48H24N4O5/c53-43-29-8-1-4-13-37(29)52-40-21-20-27(22-34(40)46(56)33-12-7-11-32(43)41(33)52)48-50-49-47(57-48)26-18-16-25(17-19-26)28-23-35-42-36(24-28)45(55)31-10-3-6-15-39(31)51(42)38-14-5-2-9-30(38)44(35)54/h1-24H. The lowest BCUT2D eigenvalue weighted by atomic mass is 9.96. The third kappa shape index (κ3) is 4.22. The number of fused-ring (bicyclic) bond motifs is 8. The summed E-state index contributed by atoms with van der Waals surface area (Å²) in [4.78, 5) is 55.3. The summed E-state index contributed by atoms with van der Waals surface area (Å²) in [5.41, 5.74) is 6.33. The number of para-hydroxylation sites is 4. The average Bonchev–Trinajstić information content (AvgIpc) is 3.76. The van der Waals surface area contributed by atoms with Gasteiger partial charge in [0, 0.05) is 54.2 Å². The number of aromatic nitrogens is 4. The van der Waals surface area contributed by atoms with Crippen LogP contribution in [0.1, 0.15) is 0 Å². The molecular weight excluding hydrogens is 713 g/mol. The molecule has 266 valence electrons. The van der Waals surface area contributed by atoms with Crippen molar-refractivity contribution in [2.75, 3.05) is 0 Å². The molecule has 0 atom stereocenters. The molecule has 5 aromatic heterocycles. The Kier molecular flexibility index (Phi) is 6.18. The summed E-state index contributed by atoms with van der Waals surface area (Å²) in [7, 11) is 0. The van der Waals surface area contributed by atoms with Gasteiger partial charge in [-0.25, -0.2) is 0 Å². The molecule has 57 heavy (non-hydrogen) atoms. The Hall–Kier alpha value is -8.04. The Labute approximate surface area is 319 Å². The van der Waals surface area contributed by atoms with Crippen LogP contribution in [0.25, 0.3) is 110 Å². The molecule has 0 bridgehead atoms. The maximum atomic E-state index is 14.0. The van der Waals surface area contributed by atoms with Crippen LogP contribution in [0.5, 0.6) is 0 Å². The Balaban J connectivity index is 0.965. The van der Waals surface area contributed by atoms with E-state index in [2.05, 4.69) is 10.2 Å². The molecule has 9 heteroatoms. The molecule has 0 aliphatic carbocycles. The van der Waals surface area contributed by atoms with Crippen molar-refractivity contribution in [2.45, 2.75) is 0 Å². The third-order valence-corrected chi connectivity index (χ3v) is 11.4. The van der Waals surface area contributed by atoms with E-state index in [1.165, 1.54) is 0 Å². The molecule has 0 unspecified atom stereocenters. The minimum atomic E-state index is -0.191. The van der Waals surface area contributed by atoms with E-state index in [0.29, 0.717) is 70.8 Å². The molecule has 5 heterocycles. The normalized spacial score (nSPS) is 12.1. The van der Waals surface area contributed by atoms with Crippen molar-refractivity contribution in [3.8, 4) is 34.0 Å². The quantitative estimate of drug-likeness (QED) is 0.132. The van der Waals surface area contributed by atoms with E-state index in [0.717, 1.165) is 27.7 Å². The van der Waals surface area contributed by atoms with E-state index in [9.17, 15) is 19.2 Å². The highest BCUT2D eigenvalue weighted by Crippen LogP contribution is 2.34. The largest absolute Gasteiger partial charge is 0.416 e. The van der Waals surface area contributed by atoms with Crippen molar-refractivity contribution >= 4 is 76.2 Å². The first-order chi connectivity index (χ1) is 27.9. The van der Waals surface area contributed by atoms with Crippen LogP contribution in [-0.2, 0) is 0 Å². The summed E-state index contributed by atoms with van der Waals surface area (Å²) in [6.45, 7) is 0. The Bertz CT molecular complexity index is 3860. The second-order valence-corrected chi connectivity index (χ2v) is 14.4. The van der Waals surface area contributed by atoms with Gasteiger partial charge in [0.15, 0.2) is 21.7 Å². The summed E-state index contributed by atoms with van der Waals surface area (Å²) < 4.78 is 10.2. The SMILES string of the molecule is O=c1c2ccccc2n2c3ccc(-c4nnc(-c5ccc(-c6cc7c(=O)c8ccccc8n8c9ccccc9c(=O)c(c6)c78)cc5)o4)cc3c(=O)c3cccc1c32. The molecule has 0 N–H and O–H groups in total. The molecule has 0 spiro atoms. The van der Waals surface area contributed by atoms with Gasteiger partial charge in [-0.05, 0) is 102 Å². The lowest BCUT2D eigenvalue weighted by molar-refractivity contribution is 0.584. The predicted molar refractivity (Wildman–Crippen MR) is 225 cm³/mol. The molecule has 0 saturated carbocycles. The third-order valence-electron chi connectivity index (χ3n) is 11.4. The van der Waals surface area contributed by atoms with Crippen molar-refractivity contribution in [3.63, 3.8) is 0 Å². The van der Waals surface area contributed by atoms with Crippen LogP contribution in [-0.4, -0.2) is 19.0 Å². The number of hydrogen-bond acceptors (Lipinski definition) is 7. The summed E-state index contributed by atoms with van der Waals surface area (Å²) >= 11 is 0. The van der Waals surface area contributed by atoms with Crippen molar-refractivity contribution < 1.29 is 4.42 Å². The molecule has 0 amide bonds. The van der Waals surface area contributed by atoms with E-state index in [1.807, 2.05) is 124 Å². The fourth-order valence-corrected chi connectivity index (χ4v) is 8.75. The highest BCUT2D eigenvalue weighted by molar-refractivity contribution is 6.10. The second-order valence-electron chi connectivity index (χ2n) is 14.4. The lowest BCUT2D eigenvalue weighted by Crippen LogP contribution is -2.14. The monoisotopic (exact) mass is 736 g/mol. The van der Waals surface area contributed by atoms with E-state index < -0.39 is 0 Å². The van der Waals surface area contributed by atoms with Crippen LogP contribution in [0.3, 0.4) is 0 Å². The highest BCUT2D eigenvalue weighted by atomic mass is 16.4. The van der Waals surface area contributed by atoms with Crippen LogP contribution < -0.4 is 21.7 Å². The molecule has 7 aromatic carbocycles. The van der Waals surface area contributed by atoms with Gasteiger partial charge in [-0.3, -0.25) is 19.2 Å². The van der Waals surface area contributed by atoms with Gasteiger partial charge in [-0.15, -0.1) is 10.2 Å². The zero-order valence-corrected chi connectivity index (χ0v) is 29.7. The molecule has 12 rings (SSSR count). The summed E-state index contributed by atoms with van der Waals surface area (Å²) in [5.74, 6) is 0.531. The topological polar surface area (TPSA) is 116 Å². The molecular formula is C48H24N4O5. The van der Waals surface area contributed by atoms with E-state index in [-0.39, 0.29) is 33.5 Å². The Morgan fingerprint density at radius 1 is 0.333 bits per heavy atom. The van der Waals surface area contributed by atoms with Crippen LogP contribution in [0.15, 0.2) is 169 Å². The van der Waals surface area contributed by atoms with Crippen molar-refractivity contribution in [1.82, 2.24) is 19.0 Å². The molecule has 9 nitrogen and oxygen atoms in total.